The van der Waals surface area contributed by atoms with Gasteiger partial charge in [0.05, 0.1) is 31.2 Å². The maximum Gasteiger partial charge on any atom is 0.236 e. The molecule has 0 aliphatic heterocycles. The third-order valence-corrected chi connectivity index (χ3v) is 5.35. The number of fused-ring (bicyclic) bond motifs is 1. The summed E-state index contributed by atoms with van der Waals surface area (Å²) in [5, 5.41) is 3.63. The Morgan fingerprint density at radius 1 is 1.03 bits per heavy atom. The first-order valence-electron chi connectivity index (χ1n) is 9.47. The number of carbonyl (C=O) groups excluding carboxylic acids is 2. The van der Waals surface area contributed by atoms with E-state index in [2.05, 4.69) is 15.3 Å². The molecule has 1 aromatic carbocycles. The quantitative estimate of drug-likeness (QED) is 0.433. The number of Topliss-reactive ketones (excluding diaryl/α,β-unsaturated/α-hetero) is 1. The number of allylic oxidation sites excluding steroid dienone is 2. The molecule has 10 heteroatoms. The van der Waals surface area contributed by atoms with Crippen LogP contribution in [-0.4, -0.2) is 61.8 Å². The van der Waals surface area contributed by atoms with Crippen molar-refractivity contribution in [2.24, 2.45) is 0 Å². The normalized spacial score (nSPS) is 14.0. The maximum atomic E-state index is 12.7. The zero-order valence-electron chi connectivity index (χ0n) is 17.7. The fourth-order valence-electron chi connectivity index (χ4n) is 2.94. The molecule has 1 heterocycles. The van der Waals surface area contributed by atoms with E-state index in [1.807, 2.05) is 6.92 Å². The third-order valence-electron chi connectivity index (χ3n) is 4.38. The highest BCUT2D eigenvalue weighted by Gasteiger charge is 2.30. The summed E-state index contributed by atoms with van der Waals surface area (Å²) in [5.74, 6) is 1.26. The minimum Gasteiger partial charge on any atom is -0.493 e. The molecule has 0 atom stereocenters. The predicted octanol–water partition coefficient (Wildman–Crippen LogP) is 2.72. The number of benzene rings is 1. The van der Waals surface area contributed by atoms with Crippen LogP contribution in [0.5, 0.6) is 11.5 Å². The first-order chi connectivity index (χ1) is 15.0. The molecule has 0 fully saturated rings. The molecule has 1 aliphatic rings. The summed E-state index contributed by atoms with van der Waals surface area (Å²) in [6, 6.07) is 3.45. The number of anilines is 1. The van der Waals surface area contributed by atoms with E-state index in [9.17, 15) is 9.59 Å². The molecule has 0 amide bonds. The molecule has 31 heavy (non-hydrogen) atoms. The van der Waals surface area contributed by atoms with Crippen LogP contribution in [0.2, 0.25) is 0 Å². The number of ether oxygens (including phenoxy) is 4. The van der Waals surface area contributed by atoms with Gasteiger partial charge in [-0.15, -0.1) is 11.8 Å². The van der Waals surface area contributed by atoms with Gasteiger partial charge in [0.1, 0.15) is 24.4 Å². The molecule has 0 spiro atoms. The molecule has 2 aromatic rings. The SMILES string of the molecule is CCSC1=C(Nc2ncnc3cc(OCCOC)c(OC)cc23)C(=O)C=C(OC)C1=O. The molecular weight excluding hydrogens is 422 g/mol. The Morgan fingerprint density at radius 2 is 1.84 bits per heavy atom. The van der Waals surface area contributed by atoms with Gasteiger partial charge >= 0.3 is 0 Å². The van der Waals surface area contributed by atoms with E-state index in [0.29, 0.717) is 47.2 Å². The summed E-state index contributed by atoms with van der Waals surface area (Å²) in [4.78, 5) is 34.2. The van der Waals surface area contributed by atoms with Crippen molar-refractivity contribution in [2.45, 2.75) is 6.92 Å². The van der Waals surface area contributed by atoms with Crippen molar-refractivity contribution >= 4 is 40.0 Å². The fraction of sp³-hybridized carbons (Fsp3) is 0.333. The minimum absolute atomic E-state index is 0.0126. The Bertz CT molecular complexity index is 1070. The largest absolute Gasteiger partial charge is 0.493 e. The third kappa shape index (κ3) is 4.80. The van der Waals surface area contributed by atoms with Gasteiger partial charge in [-0.05, 0) is 11.8 Å². The average Bonchev–Trinajstić information content (AvgIpc) is 2.78. The van der Waals surface area contributed by atoms with Crippen molar-refractivity contribution in [3.63, 3.8) is 0 Å². The van der Waals surface area contributed by atoms with E-state index in [4.69, 9.17) is 18.9 Å². The lowest BCUT2D eigenvalue weighted by molar-refractivity contribution is -0.117. The first-order valence-corrected chi connectivity index (χ1v) is 10.5. The van der Waals surface area contributed by atoms with Gasteiger partial charge in [-0.1, -0.05) is 6.92 Å². The van der Waals surface area contributed by atoms with Crippen LogP contribution in [0.25, 0.3) is 10.9 Å². The van der Waals surface area contributed by atoms with Crippen LogP contribution in [0.3, 0.4) is 0 Å². The predicted molar refractivity (Wildman–Crippen MR) is 117 cm³/mol. The van der Waals surface area contributed by atoms with Gasteiger partial charge in [-0.3, -0.25) is 9.59 Å². The highest BCUT2D eigenvalue weighted by Crippen LogP contribution is 2.35. The molecule has 3 rings (SSSR count). The van der Waals surface area contributed by atoms with Gasteiger partial charge in [-0.25, -0.2) is 9.97 Å². The number of methoxy groups -OCH3 is 3. The van der Waals surface area contributed by atoms with Crippen molar-refractivity contribution in [1.82, 2.24) is 9.97 Å². The van der Waals surface area contributed by atoms with Gasteiger partial charge in [0.15, 0.2) is 17.3 Å². The van der Waals surface area contributed by atoms with Crippen LogP contribution in [-0.2, 0) is 19.1 Å². The molecular formula is C21H23N3O6S. The second-order valence-electron chi connectivity index (χ2n) is 6.25. The van der Waals surface area contributed by atoms with Crippen LogP contribution in [0.4, 0.5) is 5.82 Å². The van der Waals surface area contributed by atoms with E-state index in [1.165, 1.54) is 38.4 Å². The standard InChI is InChI=1S/C21H23N3O6S/c1-5-31-20-18(14(25)10-17(29-4)19(20)26)24-21-12-8-15(28-3)16(30-7-6-27-2)9-13(12)22-11-23-21/h8-11H,5-7H2,1-4H3,(H,22,23,24). The lowest BCUT2D eigenvalue weighted by atomic mass is 10.1. The van der Waals surface area contributed by atoms with Crippen LogP contribution in [0, 0.1) is 0 Å². The second kappa shape index (κ2) is 10.3. The van der Waals surface area contributed by atoms with Crippen molar-refractivity contribution in [3.05, 3.63) is 40.9 Å². The van der Waals surface area contributed by atoms with E-state index in [0.717, 1.165) is 0 Å². The summed E-state index contributed by atoms with van der Waals surface area (Å²) >= 11 is 1.26. The van der Waals surface area contributed by atoms with Crippen LogP contribution >= 0.6 is 11.8 Å². The summed E-state index contributed by atoms with van der Waals surface area (Å²) in [5.41, 5.74) is 0.732. The first kappa shape index (κ1) is 22.6. The zero-order valence-corrected chi connectivity index (χ0v) is 18.5. The van der Waals surface area contributed by atoms with Crippen molar-refractivity contribution in [3.8, 4) is 11.5 Å². The fourth-order valence-corrected chi connectivity index (χ4v) is 3.75. The van der Waals surface area contributed by atoms with Gasteiger partial charge in [0, 0.05) is 24.6 Å². The molecule has 0 radical (unpaired) electrons. The Hall–Kier alpha value is -3.11. The van der Waals surface area contributed by atoms with Crippen LogP contribution in [0.1, 0.15) is 6.92 Å². The van der Waals surface area contributed by atoms with Gasteiger partial charge in [-0.2, -0.15) is 0 Å². The molecule has 0 saturated carbocycles. The Balaban J connectivity index is 2.03. The number of carbonyl (C=O) groups is 2. The van der Waals surface area contributed by atoms with E-state index in [1.54, 1.807) is 19.2 Å². The summed E-state index contributed by atoms with van der Waals surface area (Å²) < 4.78 is 21.2. The highest BCUT2D eigenvalue weighted by molar-refractivity contribution is 8.04. The number of thioether (sulfide) groups is 1. The van der Waals surface area contributed by atoms with Gasteiger partial charge in [0.25, 0.3) is 0 Å². The minimum atomic E-state index is -0.370. The molecule has 164 valence electrons. The van der Waals surface area contributed by atoms with E-state index in [-0.39, 0.29) is 27.9 Å². The number of hydrogen-bond acceptors (Lipinski definition) is 10. The topological polar surface area (TPSA) is 109 Å². The van der Waals surface area contributed by atoms with Crippen molar-refractivity contribution in [2.75, 3.05) is 45.6 Å². The summed E-state index contributed by atoms with van der Waals surface area (Å²) in [6.45, 7) is 2.68. The number of aromatic nitrogens is 2. The number of hydrogen-bond donors (Lipinski definition) is 1. The molecule has 0 unspecified atom stereocenters. The highest BCUT2D eigenvalue weighted by atomic mass is 32.2. The lowest BCUT2D eigenvalue weighted by Crippen LogP contribution is -2.23. The molecule has 1 aromatic heterocycles. The molecule has 9 nitrogen and oxygen atoms in total. The van der Waals surface area contributed by atoms with E-state index >= 15 is 0 Å². The molecule has 1 aliphatic carbocycles. The lowest BCUT2D eigenvalue weighted by Gasteiger charge is -2.19. The molecule has 1 N–H and O–H groups in total. The number of ketones is 2. The smallest absolute Gasteiger partial charge is 0.236 e. The monoisotopic (exact) mass is 445 g/mol. The van der Waals surface area contributed by atoms with Gasteiger partial charge < -0.3 is 24.3 Å². The Labute approximate surface area is 183 Å². The Morgan fingerprint density at radius 3 is 2.52 bits per heavy atom. The van der Waals surface area contributed by atoms with Crippen LogP contribution < -0.4 is 14.8 Å². The number of nitrogens with zero attached hydrogens (tertiary/aromatic N) is 2. The number of rotatable bonds is 10. The summed E-state index contributed by atoms with van der Waals surface area (Å²) in [6.07, 6.45) is 2.55. The average molecular weight is 445 g/mol. The maximum absolute atomic E-state index is 12.7. The van der Waals surface area contributed by atoms with Gasteiger partial charge in [0.2, 0.25) is 11.6 Å². The molecule has 0 saturated heterocycles. The number of nitrogens with one attached hydrogen (secondary N) is 1. The van der Waals surface area contributed by atoms with E-state index < -0.39 is 0 Å². The summed E-state index contributed by atoms with van der Waals surface area (Å²) in [7, 11) is 4.48. The molecule has 0 bridgehead atoms. The second-order valence-corrected chi connectivity index (χ2v) is 7.53. The zero-order chi connectivity index (χ0) is 22.4. The Kier molecular flexibility index (Phi) is 7.48. The van der Waals surface area contributed by atoms with Crippen molar-refractivity contribution in [1.29, 1.82) is 0 Å². The van der Waals surface area contributed by atoms with Crippen molar-refractivity contribution < 1.29 is 28.5 Å². The van der Waals surface area contributed by atoms with Crippen LogP contribution in [0.15, 0.2) is 40.9 Å².